The first-order valence-corrected chi connectivity index (χ1v) is 9.36. The van der Waals surface area contributed by atoms with E-state index >= 15 is 0 Å². The number of phenolic OH excluding ortho intramolecular Hbond substituents is 1. The maximum atomic E-state index is 9.94. The molecule has 0 amide bonds. The van der Waals surface area contributed by atoms with Crippen LogP contribution >= 0.6 is 17.9 Å². The van der Waals surface area contributed by atoms with Crippen molar-refractivity contribution in [3.05, 3.63) is 53.3 Å². The molecule has 0 aromatic heterocycles. The van der Waals surface area contributed by atoms with Crippen LogP contribution in [0.25, 0.3) is 5.32 Å². The number of rotatable bonds is 5. The summed E-state index contributed by atoms with van der Waals surface area (Å²) in [7, 11) is 8.47. The van der Waals surface area contributed by atoms with Crippen LogP contribution in [0.2, 0.25) is 0 Å². The molecule has 0 fully saturated rings. The molecule has 1 atom stereocenters. The van der Waals surface area contributed by atoms with E-state index in [1.54, 1.807) is 19.2 Å². The molecule has 3 nitrogen and oxygen atoms in total. The predicted octanol–water partition coefficient (Wildman–Crippen LogP) is 3.22. The molecule has 0 heterocycles. The first-order valence-electron chi connectivity index (χ1n) is 6.21. The van der Waals surface area contributed by atoms with Gasteiger partial charge >= 0.3 is 28.7 Å². The van der Waals surface area contributed by atoms with E-state index in [2.05, 4.69) is 26.8 Å². The average Bonchev–Trinajstić information content (AvgIpc) is 2.53. The van der Waals surface area contributed by atoms with Gasteiger partial charge in [0.25, 0.3) is 0 Å². The number of methoxy groups -OCH3 is 1. The predicted molar refractivity (Wildman–Crippen MR) is 87.5 cm³/mol. The topological polar surface area (TPSA) is 43.6 Å². The summed E-state index contributed by atoms with van der Waals surface area (Å²) >= 11 is 1.47. The zero-order valence-electron chi connectivity index (χ0n) is 11.9. The Kier molecular flexibility index (Phi) is 8.99. The SMILES string of the molecule is C[N-]Cc1ccccc1Pc1cc(OC)ccc1O.[Cl][Ti+]. The van der Waals surface area contributed by atoms with Crippen LogP contribution in [0.5, 0.6) is 11.5 Å². The summed E-state index contributed by atoms with van der Waals surface area (Å²) in [5.41, 5.74) is 1.20. The van der Waals surface area contributed by atoms with E-state index in [9.17, 15) is 5.11 Å². The van der Waals surface area contributed by atoms with E-state index in [4.69, 9.17) is 4.74 Å². The minimum atomic E-state index is 0.308. The van der Waals surface area contributed by atoms with Gasteiger partial charge in [-0.15, -0.1) is 6.54 Å². The van der Waals surface area contributed by atoms with Gasteiger partial charge in [0.2, 0.25) is 0 Å². The number of phenols is 1. The van der Waals surface area contributed by atoms with E-state index in [-0.39, 0.29) is 0 Å². The van der Waals surface area contributed by atoms with Crippen LogP contribution < -0.4 is 15.3 Å². The molecule has 0 aliphatic heterocycles. The Balaban J connectivity index is 0.00000106. The number of halogens is 1. The van der Waals surface area contributed by atoms with Gasteiger partial charge in [-0.3, -0.25) is 0 Å². The summed E-state index contributed by atoms with van der Waals surface area (Å²) in [5.74, 6) is 1.07. The van der Waals surface area contributed by atoms with Gasteiger partial charge in [0.05, 0.1) is 7.11 Å². The molecule has 0 spiro atoms. The van der Waals surface area contributed by atoms with Crippen molar-refractivity contribution in [2.24, 2.45) is 0 Å². The Morgan fingerprint density at radius 2 is 1.90 bits per heavy atom. The van der Waals surface area contributed by atoms with Crippen molar-refractivity contribution in [3.63, 3.8) is 0 Å². The summed E-state index contributed by atoms with van der Waals surface area (Å²) in [6.07, 6.45) is 0. The minimum absolute atomic E-state index is 0.308. The molecule has 6 heteroatoms. The van der Waals surface area contributed by atoms with E-state index in [1.807, 2.05) is 25.2 Å². The first-order chi connectivity index (χ1) is 10.2. The number of ether oxygens (including phenoxy) is 1. The number of benzene rings is 2. The van der Waals surface area contributed by atoms with Gasteiger partial charge in [-0.2, -0.15) is 7.05 Å². The molecule has 2 aromatic carbocycles. The van der Waals surface area contributed by atoms with Crippen LogP contribution in [0, 0.1) is 0 Å². The van der Waals surface area contributed by atoms with E-state index in [0.717, 1.165) is 11.1 Å². The third-order valence-corrected chi connectivity index (χ3v) is 4.25. The fourth-order valence-corrected chi connectivity index (χ4v) is 3.06. The van der Waals surface area contributed by atoms with Gasteiger partial charge in [-0.1, -0.05) is 38.4 Å². The standard InChI is InChI=1S/C15H17NO2P.ClH.Ti/c1-16-10-11-5-3-4-6-14(11)19-15-9-12(18-2)7-8-13(15)17;;/h3-9,17,19H,10H2,1-2H3;1H;/q-1;;+2/p-1. The summed E-state index contributed by atoms with van der Waals surface area (Å²) in [6.45, 7) is 0.702. The molecule has 110 valence electrons. The first kappa shape index (κ1) is 18.5. The van der Waals surface area contributed by atoms with Gasteiger partial charge < -0.3 is 15.2 Å². The van der Waals surface area contributed by atoms with Gasteiger partial charge in [-0.25, -0.2) is 0 Å². The molecule has 2 aromatic rings. The monoisotopic (exact) mass is 357 g/mol. The van der Waals surface area contributed by atoms with Crippen LogP contribution in [0.4, 0.5) is 0 Å². The summed E-state index contributed by atoms with van der Waals surface area (Å²) in [5, 5.41) is 16.2. The van der Waals surface area contributed by atoms with Crippen molar-refractivity contribution in [2.45, 2.75) is 6.54 Å². The van der Waals surface area contributed by atoms with Crippen molar-refractivity contribution in [1.29, 1.82) is 0 Å². The number of aromatic hydroxyl groups is 1. The Bertz CT molecular complexity index is 569. The molecule has 0 aliphatic rings. The third-order valence-electron chi connectivity index (χ3n) is 2.82. The Morgan fingerprint density at radius 3 is 2.57 bits per heavy atom. The fourth-order valence-electron chi connectivity index (χ4n) is 1.84. The molecule has 0 radical (unpaired) electrons. The molecule has 0 aliphatic carbocycles. The van der Waals surface area contributed by atoms with E-state index in [1.165, 1.54) is 30.2 Å². The second kappa shape index (κ2) is 10.2. The molecule has 21 heavy (non-hydrogen) atoms. The maximum absolute atomic E-state index is 9.94. The Hall–Kier alpha value is -0.566. The third kappa shape index (κ3) is 5.62. The fraction of sp³-hybridized carbons (Fsp3) is 0.200. The number of hydrogen-bond acceptors (Lipinski definition) is 2. The number of nitrogens with zero attached hydrogens (tertiary/aromatic N) is 1. The van der Waals surface area contributed by atoms with Crippen molar-refractivity contribution in [1.82, 2.24) is 0 Å². The van der Waals surface area contributed by atoms with Crippen LogP contribution in [0.15, 0.2) is 42.5 Å². The molecule has 0 bridgehead atoms. The second-order valence-corrected chi connectivity index (χ2v) is 5.47. The van der Waals surface area contributed by atoms with Gasteiger partial charge in [-0.05, 0) is 23.5 Å². The second-order valence-electron chi connectivity index (χ2n) is 4.14. The number of hydrogen-bond donors (Lipinski definition) is 1. The summed E-state index contributed by atoms with van der Waals surface area (Å²) < 4.78 is 5.20. The van der Waals surface area contributed by atoms with Crippen LogP contribution in [-0.4, -0.2) is 19.3 Å². The molecule has 0 saturated carbocycles. The van der Waals surface area contributed by atoms with E-state index in [0.29, 0.717) is 20.9 Å². The van der Waals surface area contributed by atoms with Gasteiger partial charge in [0.15, 0.2) is 0 Å². The van der Waals surface area contributed by atoms with Gasteiger partial charge in [0.1, 0.15) is 11.5 Å². The Labute approximate surface area is 143 Å². The molecular formula is C15H17ClNO2PTi. The zero-order chi connectivity index (χ0) is 15.7. The average molecular weight is 358 g/mol. The van der Waals surface area contributed by atoms with Crippen LogP contribution in [-0.2, 0) is 25.9 Å². The zero-order valence-corrected chi connectivity index (χ0v) is 15.2. The van der Waals surface area contributed by atoms with E-state index < -0.39 is 0 Å². The quantitative estimate of drug-likeness (QED) is 0.659. The van der Waals surface area contributed by atoms with Crippen LogP contribution in [0.1, 0.15) is 5.56 Å². The van der Waals surface area contributed by atoms with Crippen molar-refractivity contribution >= 4 is 28.5 Å². The molecule has 2 rings (SSSR count). The molecular weight excluding hydrogens is 340 g/mol. The van der Waals surface area contributed by atoms with Crippen molar-refractivity contribution in [3.8, 4) is 11.5 Å². The molecule has 1 unspecified atom stereocenters. The van der Waals surface area contributed by atoms with Gasteiger partial charge in [0, 0.05) is 5.30 Å². The van der Waals surface area contributed by atoms with Crippen molar-refractivity contribution in [2.75, 3.05) is 14.2 Å². The molecule has 1 N–H and O–H groups in total. The molecule has 0 saturated heterocycles. The van der Waals surface area contributed by atoms with Crippen LogP contribution in [0.3, 0.4) is 0 Å². The summed E-state index contributed by atoms with van der Waals surface area (Å²) in [6, 6.07) is 13.5. The summed E-state index contributed by atoms with van der Waals surface area (Å²) in [4.78, 5) is 0. The normalized spacial score (nSPS) is 10.2. The Morgan fingerprint density at radius 1 is 1.19 bits per heavy atom. The van der Waals surface area contributed by atoms with Crippen molar-refractivity contribution < 1.29 is 29.2 Å².